The fraction of sp³-hybridized carbons (Fsp3) is 0.391. The number of nitro benzene ring substituents is 1. The fourth-order valence-corrected chi connectivity index (χ4v) is 5.56. The SMILES string of the molecule is Cc1ccc(C(=O)NCC(=O)Nc2ccc(C)c(S(=O)(=O)N3CCCCCC3)c2)cc1[N+](=O)[O-]. The lowest BCUT2D eigenvalue weighted by atomic mass is 10.1. The summed E-state index contributed by atoms with van der Waals surface area (Å²) in [7, 11) is -3.69. The summed E-state index contributed by atoms with van der Waals surface area (Å²) in [6, 6.07) is 8.71. The van der Waals surface area contributed by atoms with E-state index >= 15 is 0 Å². The van der Waals surface area contributed by atoms with Crippen LogP contribution < -0.4 is 10.6 Å². The smallest absolute Gasteiger partial charge is 0.273 e. The van der Waals surface area contributed by atoms with Gasteiger partial charge in [-0.1, -0.05) is 25.0 Å². The van der Waals surface area contributed by atoms with Crippen LogP contribution in [0.15, 0.2) is 41.3 Å². The molecule has 2 aromatic rings. The molecule has 2 amide bonds. The number of benzene rings is 2. The van der Waals surface area contributed by atoms with E-state index in [0.29, 0.717) is 29.9 Å². The Morgan fingerprint density at radius 3 is 2.29 bits per heavy atom. The van der Waals surface area contributed by atoms with Gasteiger partial charge in [-0.3, -0.25) is 19.7 Å². The summed E-state index contributed by atoms with van der Waals surface area (Å²) >= 11 is 0. The Balaban J connectivity index is 1.67. The minimum absolute atomic E-state index is 0.0614. The second kappa shape index (κ2) is 10.7. The fourth-order valence-electron chi connectivity index (χ4n) is 3.79. The third-order valence-corrected chi connectivity index (χ3v) is 7.77. The molecule has 34 heavy (non-hydrogen) atoms. The molecule has 10 nitrogen and oxygen atoms in total. The summed E-state index contributed by atoms with van der Waals surface area (Å²) in [4.78, 5) is 35.3. The molecule has 2 N–H and O–H groups in total. The van der Waals surface area contributed by atoms with Crippen LogP contribution in [0, 0.1) is 24.0 Å². The number of anilines is 1. The molecule has 0 atom stereocenters. The van der Waals surface area contributed by atoms with Crippen LogP contribution in [0.2, 0.25) is 0 Å². The van der Waals surface area contributed by atoms with Gasteiger partial charge in [0.05, 0.1) is 16.4 Å². The van der Waals surface area contributed by atoms with Gasteiger partial charge in [-0.25, -0.2) is 8.42 Å². The van der Waals surface area contributed by atoms with Gasteiger partial charge in [0.25, 0.3) is 11.6 Å². The van der Waals surface area contributed by atoms with E-state index in [-0.39, 0.29) is 22.7 Å². The molecule has 2 aromatic carbocycles. The molecule has 1 saturated heterocycles. The molecule has 0 saturated carbocycles. The number of rotatable bonds is 7. The number of nitrogens with one attached hydrogen (secondary N) is 2. The van der Waals surface area contributed by atoms with Crippen LogP contribution in [0.1, 0.15) is 47.2 Å². The van der Waals surface area contributed by atoms with Crippen molar-refractivity contribution in [3.05, 3.63) is 63.2 Å². The van der Waals surface area contributed by atoms with Crippen LogP contribution in [-0.2, 0) is 14.8 Å². The van der Waals surface area contributed by atoms with Gasteiger partial charge in [0.15, 0.2) is 0 Å². The molecule has 0 radical (unpaired) electrons. The van der Waals surface area contributed by atoms with Crippen molar-refractivity contribution in [2.45, 2.75) is 44.4 Å². The highest BCUT2D eigenvalue weighted by atomic mass is 32.2. The van der Waals surface area contributed by atoms with Gasteiger partial charge in [-0.15, -0.1) is 0 Å². The molecule has 1 aliphatic heterocycles. The number of nitrogens with zero attached hydrogens (tertiary/aromatic N) is 2. The number of carbonyl (C=O) groups excluding carboxylic acids is 2. The number of hydrogen-bond acceptors (Lipinski definition) is 6. The average Bonchev–Trinajstić information content (AvgIpc) is 3.09. The van der Waals surface area contributed by atoms with Gasteiger partial charge >= 0.3 is 0 Å². The zero-order valence-electron chi connectivity index (χ0n) is 19.2. The molecular weight excluding hydrogens is 460 g/mol. The number of sulfonamides is 1. The van der Waals surface area contributed by atoms with Crippen molar-refractivity contribution in [3.8, 4) is 0 Å². The first-order valence-electron chi connectivity index (χ1n) is 11.0. The molecule has 0 unspecified atom stereocenters. The van der Waals surface area contributed by atoms with E-state index < -0.39 is 26.8 Å². The van der Waals surface area contributed by atoms with Crippen LogP contribution in [-0.4, -0.2) is 49.1 Å². The minimum atomic E-state index is -3.69. The Labute approximate surface area is 198 Å². The number of amides is 2. The molecule has 1 aliphatic rings. The molecule has 0 aliphatic carbocycles. The first-order valence-corrected chi connectivity index (χ1v) is 12.5. The zero-order chi connectivity index (χ0) is 24.9. The third-order valence-electron chi connectivity index (χ3n) is 5.73. The topological polar surface area (TPSA) is 139 Å². The van der Waals surface area contributed by atoms with Crippen LogP contribution in [0.5, 0.6) is 0 Å². The van der Waals surface area contributed by atoms with Gasteiger partial charge in [-0.05, 0) is 50.5 Å². The molecule has 3 rings (SSSR count). The van der Waals surface area contributed by atoms with Crippen molar-refractivity contribution in [1.29, 1.82) is 0 Å². The Kier molecular flexibility index (Phi) is 8.00. The van der Waals surface area contributed by atoms with Crippen LogP contribution >= 0.6 is 0 Å². The third kappa shape index (κ3) is 5.97. The summed E-state index contributed by atoms with van der Waals surface area (Å²) < 4.78 is 27.9. The maximum Gasteiger partial charge on any atom is 0.273 e. The van der Waals surface area contributed by atoms with Crippen LogP contribution in [0.4, 0.5) is 11.4 Å². The number of hydrogen-bond donors (Lipinski definition) is 2. The van der Waals surface area contributed by atoms with E-state index in [2.05, 4.69) is 10.6 Å². The highest BCUT2D eigenvalue weighted by Crippen LogP contribution is 2.26. The first-order chi connectivity index (χ1) is 16.1. The van der Waals surface area contributed by atoms with E-state index in [1.807, 2.05) is 0 Å². The second-order valence-corrected chi connectivity index (χ2v) is 10.2. The van der Waals surface area contributed by atoms with Crippen molar-refractivity contribution >= 4 is 33.2 Å². The lowest BCUT2D eigenvalue weighted by Crippen LogP contribution is -2.33. The molecule has 0 bridgehead atoms. The van der Waals surface area contributed by atoms with Gasteiger partial charge < -0.3 is 10.6 Å². The number of aryl methyl sites for hydroxylation is 2. The number of nitro groups is 1. The number of carbonyl (C=O) groups is 2. The summed E-state index contributed by atoms with van der Waals surface area (Å²) in [5.74, 6) is -1.19. The molecule has 1 heterocycles. The van der Waals surface area contributed by atoms with Gasteiger partial charge in [0.1, 0.15) is 0 Å². The van der Waals surface area contributed by atoms with Crippen molar-refractivity contribution in [2.75, 3.05) is 25.0 Å². The van der Waals surface area contributed by atoms with Gasteiger partial charge in [0.2, 0.25) is 15.9 Å². The standard InChI is InChI=1S/C23H28N4O6S/c1-16-7-9-18(13-20(16)27(30)31)23(29)24-15-22(28)25-19-10-8-17(2)21(14-19)34(32,33)26-11-5-3-4-6-12-26/h7-10,13-14H,3-6,11-12,15H2,1-2H3,(H,24,29)(H,25,28). The van der Waals surface area contributed by atoms with Crippen molar-refractivity contribution in [1.82, 2.24) is 9.62 Å². The van der Waals surface area contributed by atoms with Crippen LogP contribution in [0.25, 0.3) is 0 Å². The lowest BCUT2D eigenvalue weighted by Gasteiger charge is -2.21. The summed E-state index contributed by atoms with van der Waals surface area (Å²) in [5.41, 5.74) is 1.17. The average molecular weight is 489 g/mol. The Bertz CT molecular complexity index is 1200. The van der Waals surface area contributed by atoms with E-state index in [4.69, 9.17) is 0 Å². The minimum Gasteiger partial charge on any atom is -0.343 e. The highest BCUT2D eigenvalue weighted by Gasteiger charge is 2.27. The predicted octanol–water partition coefficient (Wildman–Crippen LogP) is 3.14. The summed E-state index contributed by atoms with van der Waals surface area (Å²) in [6.07, 6.45) is 3.64. The largest absolute Gasteiger partial charge is 0.343 e. The molecule has 11 heteroatoms. The lowest BCUT2D eigenvalue weighted by molar-refractivity contribution is -0.385. The quantitative estimate of drug-likeness (QED) is 0.453. The molecule has 0 aromatic heterocycles. The molecule has 0 spiro atoms. The van der Waals surface area contributed by atoms with Gasteiger partial charge in [-0.2, -0.15) is 4.31 Å². The Hall–Kier alpha value is -3.31. The maximum atomic E-state index is 13.2. The monoisotopic (exact) mass is 488 g/mol. The van der Waals surface area contributed by atoms with Crippen molar-refractivity contribution in [2.24, 2.45) is 0 Å². The van der Waals surface area contributed by atoms with E-state index in [0.717, 1.165) is 31.7 Å². The van der Waals surface area contributed by atoms with Crippen LogP contribution in [0.3, 0.4) is 0 Å². The van der Waals surface area contributed by atoms with E-state index in [1.54, 1.807) is 26.0 Å². The Morgan fingerprint density at radius 2 is 1.65 bits per heavy atom. The summed E-state index contributed by atoms with van der Waals surface area (Å²) in [5, 5.41) is 16.1. The normalized spacial score (nSPS) is 14.8. The second-order valence-electron chi connectivity index (χ2n) is 8.29. The first kappa shape index (κ1) is 25.3. The molecular formula is C23H28N4O6S. The molecule has 182 valence electrons. The van der Waals surface area contributed by atoms with E-state index in [1.165, 1.54) is 22.5 Å². The van der Waals surface area contributed by atoms with E-state index in [9.17, 15) is 28.1 Å². The maximum absolute atomic E-state index is 13.2. The predicted molar refractivity (Wildman–Crippen MR) is 127 cm³/mol. The van der Waals surface area contributed by atoms with Crippen molar-refractivity contribution < 1.29 is 22.9 Å². The zero-order valence-corrected chi connectivity index (χ0v) is 20.0. The van der Waals surface area contributed by atoms with Gasteiger partial charge in [0, 0.05) is 36.0 Å². The highest BCUT2D eigenvalue weighted by molar-refractivity contribution is 7.89. The summed E-state index contributed by atoms with van der Waals surface area (Å²) in [6.45, 7) is 3.83. The Morgan fingerprint density at radius 1 is 1.00 bits per heavy atom. The molecule has 1 fully saturated rings. The van der Waals surface area contributed by atoms with Crippen molar-refractivity contribution in [3.63, 3.8) is 0 Å².